The number of carbonyl (C=O) groups is 2. The van der Waals surface area contributed by atoms with Crippen molar-refractivity contribution >= 4 is 17.6 Å². The Morgan fingerprint density at radius 1 is 1.03 bits per heavy atom. The van der Waals surface area contributed by atoms with Crippen LogP contribution in [0.2, 0.25) is 0 Å². The van der Waals surface area contributed by atoms with E-state index in [1.807, 2.05) is 54.7 Å². The van der Waals surface area contributed by atoms with E-state index in [0.717, 1.165) is 35.1 Å². The molecule has 37 heavy (non-hydrogen) atoms. The summed E-state index contributed by atoms with van der Waals surface area (Å²) < 4.78 is 17.3. The summed E-state index contributed by atoms with van der Waals surface area (Å²) in [6.07, 6.45) is 7.19. The lowest BCUT2D eigenvalue weighted by atomic mass is 9.97. The molecule has 0 unspecified atom stereocenters. The van der Waals surface area contributed by atoms with Crippen molar-refractivity contribution in [3.63, 3.8) is 0 Å². The highest BCUT2D eigenvalue weighted by Crippen LogP contribution is 2.46. The topological polar surface area (TPSA) is 70.8 Å². The first kappa shape index (κ1) is 22.4. The zero-order valence-corrected chi connectivity index (χ0v) is 20.7. The van der Waals surface area contributed by atoms with E-state index in [4.69, 9.17) is 4.99 Å². The highest BCUT2D eigenvalue weighted by Gasteiger charge is 2.58. The number of hydrogen-bond donors (Lipinski definition) is 0. The van der Waals surface area contributed by atoms with Crippen LogP contribution in [0.15, 0.2) is 59.9 Å². The van der Waals surface area contributed by atoms with E-state index < -0.39 is 5.54 Å². The average Bonchev–Trinajstić information content (AvgIpc) is 3.79. The van der Waals surface area contributed by atoms with E-state index in [9.17, 15) is 9.59 Å². The maximum atomic E-state index is 15.5. The molecule has 2 aliphatic carbocycles. The molecule has 188 valence electrons. The molecule has 4 aliphatic rings. The number of benzene rings is 2. The summed E-state index contributed by atoms with van der Waals surface area (Å²) in [4.78, 5) is 33.8. The highest BCUT2D eigenvalue weighted by atomic mass is 19.1. The van der Waals surface area contributed by atoms with Crippen molar-refractivity contribution in [2.45, 2.75) is 31.2 Å². The molecule has 3 fully saturated rings. The molecule has 0 N–H and O–H groups in total. The van der Waals surface area contributed by atoms with E-state index in [0.29, 0.717) is 43.9 Å². The van der Waals surface area contributed by atoms with Gasteiger partial charge in [-0.1, -0.05) is 30.3 Å². The van der Waals surface area contributed by atoms with E-state index >= 15 is 4.39 Å². The predicted octanol–water partition coefficient (Wildman–Crippen LogP) is 3.88. The summed E-state index contributed by atoms with van der Waals surface area (Å²) >= 11 is 0. The van der Waals surface area contributed by atoms with Crippen LogP contribution in [0.1, 0.15) is 31.2 Å². The zero-order chi connectivity index (χ0) is 25.3. The molecular formula is C29H28FN5O2. The Balaban J connectivity index is 1.10. The van der Waals surface area contributed by atoms with Gasteiger partial charge in [0.15, 0.2) is 0 Å². The van der Waals surface area contributed by atoms with Crippen molar-refractivity contribution in [3.8, 4) is 22.3 Å². The molecule has 1 aromatic heterocycles. The molecule has 1 spiro atoms. The van der Waals surface area contributed by atoms with E-state index in [2.05, 4.69) is 5.10 Å². The molecule has 8 heteroatoms. The van der Waals surface area contributed by atoms with Gasteiger partial charge < -0.3 is 4.90 Å². The van der Waals surface area contributed by atoms with Crippen molar-refractivity contribution in [2.75, 3.05) is 19.6 Å². The number of hydrogen-bond acceptors (Lipinski definition) is 4. The fourth-order valence-corrected chi connectivity index (χ4v) is 5.49. The number of aryl methyl sites for hydroxylation is 1. The van der Waals surface area contributed by atoms with Crippen LogP contribution in [-0.2, 0) is 16.6 Å². The fourth-order valence-electron chi connectivity index (χ4n) is 5.49. The summed E-state index contributed by atoms with van der Waals surface area (Å²) in [6.45, 7) is 1.80. The lowest BCUT2D eigenvalue weighted by molar-refractivity contribution is -0.139. The molecule has 3 aromatic rings. The number of halogens is 1. The molecule has 1 saturated heterocycles. The minimum Gasteiger partial charge on any atom is -0.342 e. The molecule has 2 saturated carbocycles. The minimum absolute atomic E-state index is 0.0241. The third-order valence-corrected chi connectivity index (χ3v) is 8.05. The van der Waals surface area contributed by atoms with Crippen LogP contribution in [0.5, 0.6) is 0 Å². The molecule has 0 atom stereocenters. The third-order valence-electron chi connectivity index (χ3n) is 8.05. The smallest absolute Gasteiger partial charge is 0.256 e. The number of carbonyl (C=O) groups excluding carboxylic acids is 2. The molecule has 7 rings (SSSR count). The SMILES string of the molecule is Cn1cc(-c2ccc(-c3ccc(C4=NC5(CC5)C(=O)N4CC4CN(C(=O)C5CC5)C4)c(F)c3)cc2)cn1. The molecule has 0 bridgehead atoms. The summed E-state index contributed by atoms with van der Waals surface area (Å²) in [5, 5.41) is 4.22. The number of amidine groups is 1. The maximum absolute atomic E-state index is 15.5. The Labute approximate surface area is 214 Å². The van der Waals surface area contributed by atoms with Gasteiger partial charge in [-0.05, 0) is 54.5 Å². The lowest BCUT2D eigenvalue weighted by Crippen LogP contribution is -2.55. The second kappa shape index (κ2) is 8.10. The van der Waals surface area contributed by atoms with Crippen LogP contribution in [0, 0.1) is 17.7 Å². The van der Waals surface area contributed by atoms with E-state index in [1.165, 1.54) is 6.07 Å². The number of nitrogens with zero attached hydrogens (tertiary/aromatic N) is 5. The quantitative estimate of drug-likeness (QED) is 0.519. The van der Waals surface area contributed by atoms with Gasteiger partial charge in [0.2, 0.25) is 5.91 Å². The molecule has 3 heterocycles. The fraction of sp³-hybridized carbons (Fsp3) is 0.379. The summed E-state index contributed by atoms with van der Waals surface area (Å²) in [7, 11) is 1.88. The normalized spacial score (nSPS) is 20.4. The zero-order valence-electron chi connectivity index (χ0n) is 20.7. The number of aromatic nitrogens is 2. The molecule has 7 nitrogen and oxygen atoms in total. The number of amides is 2. The highest BCUT2D eigenvalue weighted by molar-refractivity contribution is 6.16. The number of rotatable bonds is 6. The van der Waals surface area contributed by atoms with Crippen molar-refractivity contribution in [1.29, 1.82) is 0 Å². The van der Waals surface area contributed by atoms with E-state index in [1.54, 1.807) is 15.6 Å². The van der Waals surface area contributed by atoms with E-state index in [-0.39, 0.29) is 29.5 Å². The van der Waals surface area contributed by atoms with Crippen LogP contribution in [0.4, 0.5) is 4.39 Å². The first-order chi connectivity index (χ1) is 17.9. The Hall–Kier alpha value is -3.81. The molecule has 2 amide bonds. The van der Waals surface area contributed by atoms with Crippen LogP contribution in [0.3, 0.4) is 0 Å². The van der Waals surface area contributed by atoms with Crippen LogP contribution in [-0.4, -0.2) is 62.4 Å². The van der Waals surface area contributed by atoms with Crippen molar-refractivity contribution < 1.29 is 14.0 Å². The maximum Gasteiger partial charge on any atom is 0.256 e. The van der Waals surface area contributed by atoms with Gasteiger partial charge in [-0.2, -0.15) is 5.10 Å². The van der Waals surface area contributed by atoms with Crippen molar-refractivity contribution in [3.05, 3.63) is 66.2 Å². The number of likely N-dealkylation sites (tertiary alicyclic amines) is 1. The second-order valence-electron chi connectivity index (χ2n) is 10.9. The molecule has 2 aliphatic heterocycles. The van der Waals surface area contributed by atoms with Gasteiger partial charge in [0.25, 0.3) is 5.91 Å². The van der Waals surface area contributed by atoms with Gasteiger partial charge in [0, 0.05) is 50.3 Å². The van der Waals surface area contributed by atoms with Crippen LogP contribution >= 0.6 is 0 Å². The van der Waals surface area contributed by atoms with Gasteiger partial charge in [-0.15, -0.1) is 0 Å². The summed E-state index contributed by atoms with van der Waals surface area (Å²) in [5.74, 6) is 0.676. The number of aliphatic imine (C=N–C) groups is 1. The molecule has 0 radical (unpaired) electrons. The van der Waals surface area contributed by atoms with Crippen molar-refractivity contribution in [2.24, 2.45) is 23.9 Å². The van der Waals surface area contributed by atoms with Gasteiger partial charge in [-0.25, -0.2) is 4.39 Å². The Morgan fingerprint density at radius 3 is 2.30 bits per heavy atom. The Bertz CT molecular complexity index is 1450. The second-order valence-corrected chi connectivity index (χ2v) is 10.9. The standard InChI is InChI=1S/C29H28FN5O2/c1-33-17-23(13-31-33)20-4-2-19(3-5-20)22-8-9-24(25(30)12-22)26-32-29(10-11-29)28(37)35(26)16-18-14-34(15-18)27(36)21-6-7-21/h2-5,8-9,12-13,17-18,21H,6-7,10-11,14-16H2,1H3. The first-order valence-corrected chi connectivity index (χ1v) is 13.0. The first-order valence-electron chi connectivity index (χ1n) is 13.0. The Kier molecular flexibility index (Phi) is 4.90. The van der Waals surface area contributed by atoms with Gasteiger partial charge in [-0.3, -0.25) is 24.2 Å². The molecular weight excluding hydrogens is 469 g/mol. The average molecular weight is 498 g/mol. The Morgan fingerprint density at radius 2 is 1.70 bits per heavy atom. The van der Waals surface area contributed by atoms with Crippen LogP contribution in [0.25, 0.3) is 22.3 Å². The predicted molar refractivity (Wildman–Crippen MR) is 137 cm³/mol. The molecule has 2 aromatic carbocycles. The van der Waals surface area contributed by atoms with Gasteiger partial charge >= 0.3 is 0 Å². The lowest BCUT2D eigenvalue weighted by Gasteiger charge is -2.41. The largest absolute Gasteiger partial charge is 0.342 e. The monoisotopic (exact) mass is 497 g/mol. The summed E-state index contributed by atoms with van der Waals surface area (Å²) in [5.41, 5.74) is 3.41. The minimum atomic E-state index is -0.699. The van der Waals surface area contributed by atoms with Gasteiger partial charge in [0.1, 0.15) is 17.2 Å². The van der Waals surface area contributed by atoms with Gasteiger partial charge in [0.05, 0.1) is 11.8 Å². The summed E-state index contributed by atoms with van der Waals surface area (Å²) in [6, 6.07) is 13.1. The van der Waals surface area contributed by atoms with Crippen molar-refractivity contribution in [1.82, 2.24) is 19.6 Å². The van der Waals surface area contributed by atoms with Crippen LogP contribution < -0.4 is 0 Å². The third kappa shape index (κ3) is 3.86.